The van der Waals surface area contributed by atoms with Crippen LogP contribution in [-0.2, 0) is 10.0 Å². The quantitative estimate of drug-likeness (QED) is 0.359. The van der Waals surface area contributed by atoms with E-state index in [9.17, 15) is 8.42 Å². The number of sulfonamides is 1. The number of anilines is 1. The highest BCUT2D eigenvalue weighted by molar-refractivity contribution is 7.88. The first-order valence-corrected chi connectivity index (χ1v) is 8.46. The van der Waals surface area contributed by atoms with Crippen molar-refractivity contribution in [2.45, 2.75) is 6.92 Å². The summed E-state index contributed by atoms with van der Waals surface area (Å²) in [7, 11) is -3.15. The minimum absolute atomic E-state index is 0.0549. The van der Waals surface area contributed by atoms with Crippen LogP contribution in [0.5, 0.6) is 0 Å². The molecular weight excluding hydrogens is 292 g/mol. The number of piperazine rings is 1. The highest BCUT2D eigenvalue weighted by Gasteiger charge is 2.25. The second-order valence-electron chi connectivity index (χ2n) is 5.15. The molecule has 0 aliphatic carbocycles. The van der Waals surface area contributed by atoms with Crippen LogP contribution >= 0.6 is 0 Å². The van der Waals surface area contributed by atoms with Crippen molar-refractivity contribution >= 4 is 21.5 Å². The van der Waals surface area contributed by atoms with Gasteiger partial charge in [0.15, 0.2) is 5.84 Å². The van der Waals surface area contributed by atoms with Gasteiger partial charge in [-0.1, -0.05) is 16.8 Å². The maximum atomic E-state index is 11.5. The number of oxime groups is 1. The lowest BCUT2D eigenvalue weighted by atomic mass is 10.1. The van der Waals surface area contributed by atoms with Crippen molar-refractivity contribution < 1.29 is 13.6 Å². The standard InChI is InChI=1S/C13H20N4O3S/c1-10-3-4-12(11(9-10)13(14)15-18)16-5-7-17(8-6-16)21(2,19)20/h3-4,9,18H,5-8H2,1-2H3,(H2,14,15). The summed E-state index contributed by atoms with van der Waals surface area (Å²) in [5, 5.41) is 12.0. The van der Waals surface area contributed by atoms with Gasteiger partial charge in [0.1, 0.15) is 0 Å². The van der Waals surface area contributed by atoms with E-state index >= 15 is 0 Å². The number of hydrogen-bond donors (Lipinski definition) is 2. The Bertz CT molecular complexity index is 649. The van der Waals surface area contributed by atoms with Gasteiger partial charge in [-0.15, -0.1) is 0 Å². The van der Waals surface area contributed by atoms with Crippen molar-refractivity contribution in [2.75, 3.05) is 37.3 Å². The molecule has 1 aromatic rings. The minimum Gasteiger partial charge on any atom is -0.409 e. The van der Waals surface area contributed by atoms with E-state index in [1.165, 1.54) is 10.6 Å². The molecule has 3 N–H and O–H groups in total. The first-order chi connectivity index (χ1) is 9.82. The van der Waals surface area contributed by atoms with Crippen LogP contribution in [0.4, 0.5) is 5.69 Å². The molecular formula is C13H20N4O3S. The van der Waals surface area contributed by atoms with Gasteiger partial charge in [0.25, 0.3) is 0 Å². The highest BCUT2D eigenvalue weighted by atomic mass is 32.2. The Hall–Kier alpha value is -1.80. The van der Waals surface area contributed by atoms with Crippen LogP contribution < -0.4 is 10.6 Å². The molecule has 8 heteroatoms. The Labute approximate surface area is 124 Å². The number of nitrogens with two attached hydrogens (primary N) is 1. The van der Waals surface area contributed by atoms with E-state index in [-0.39, 0.29) is 5.84 Å². The van der Waals surface area contributed by atoms with Gasteiger partial charge in [-0.25, -0.2) is 8.42 Å². The summed E-state index contributed by atoms with van der Waals surface area (Å²) in [6.07, 6.45) is 1.22. The number of nitrogens with zero attached hydrogens (tertiary/aromatic N) is 3. The summed E-state index contributed by atoms with van der Waals surface area (Å²) in [6, 6.07) is 5.72. The average molecular weight is 312 g/mol. The Morgan fingerprint density at radius 2 is 1.90 bits per heavy atom. The molecule has 1 aliphatic heterocycles. The third kappa shape index (κ3) is 3.45. The SMILES string of the molecule is Cc1ccc(N2CCN(S(C)(=O)=O)CC2)c(/C(N)=N/O)c1. The molecule has 7 nitrogen and oxygen atoms in total. The molecule has 1 fully saturated rings. The molecule has 21 heavy (non-hydrogen) atoms. The van der Waals surface area contributed by atoms with Crippen molar-refractivity contribution in [2.24, 2.45) is 10.9 Å². The van der Waals surface area contributed by atoms with E-state index < -0.39 is 10.0 Å². The van der Waals surface area contributed by atoms with E-state index in [4.69, 9.17) is 10.9 Å². The predicted molar refractivity (Wildman–Crippen MR) is 82.3 cm³/mol. The minimum atomic E-state index is -3.15. The van der Waals surface area contributed by atoms with Crippen LogP contribution in [0, 0.1) is 6.92 Å². The monoisotopic (exact) mass is 312 g/mol. The maximum Gasteiger partial charge on any atom is 0.211 e. The van der Waals surface area contributed by atoms with E-state index in [2.05, 4.69) is 10.1 Å². The van der Waals surface area contributed by atoms with Gasteiger partial charge in [0, 0.05) is 37.4 Å². The van der Waals surface area contributed by atoms with Crippen LogP contribution in [0.3, 0.4) is 0 Å². The lowest BCUT2D eigenvalue weighted by molar-refractivity contribution is 0.318. The third-order valence-corrected chi connectivity index (χ3v) is 4.89. The zero-order valence-electron chi connectivity index (χ0n) is 12.2. The van der Waals surface area contributed by atoms with Crippen LogP contribution in [0.25, 0.3) is 0 Å². The van der Waals surface area contributed by atoms with Gasteiger partial charge in [-0.3, -0.25) is 0 Å². The van der Waals surface area contributed by atoms with Crippen molar-refractivity contribution in [1.82, 2.24) is 4.31 Å². The summed E-state index contributed by atoms with van der Waals surface area (Å²) in [6.45, 7) is 3.94. The van der Waals surface area contributed by atoms with E-state index in [1.54, 1.807) is 0 Å². The lowest BCUT2D eigenvalue weighted by Gasteiger charge is -2.35. The normalized spacial score (nSPS) is 18.0. The Balaban J connectivity index is 2.25. The van der Waals surface area contributed by atoms with Crippen LogP contribution in [0.15, 0.2) is 23.4 Å². The van der Waals surface area contributed by atoms with Gasteiger partial charge in [-0.2, -0.15) is 4.31 Å². The molecule has 1 heterocycles. The van der Waals surface area contributed by atoms with Gasteiger partial charge in [0.2, 0.25) is 10.0 Å². The van der Waals surface area contributed by atoms with Gasteiger partial charge < -0.3 is 15.8 Å². The Kier molecular flexibility index (Phi) is 4.38. The first kappa shape index (κ1) is 15.6. The Morgan fingerprint density at radius 3 is 2.43 bits per heavy atom. The number of benzene rings is 1. The fraction of sp³-hybridized carbons (Fsp3) is 0.462. The van der Waals surface area contributed by atoms with E-state index in [1.807, 2.05) is 25.1 Å². The molecule has 2 rings (SSSR count). The second-order valence-corrected chi connectivity index (χ2v) is 7.14. The largest absolute Gasteiger partial charge is 0.409 e. The van der Waals surface area contributed by atoms with Crippen molar-refractivity contribution in [3.63, 3.8) is 0 Å². The highest BCUT2D eigenvalue weighted by Crippen LogP contribution is 2.23. The van der Waals surface area contributed by atoms with Crippen molar-refractivity contribution in [3.05, 3.63) is 29.3 Å². The lowest BCUT2D eigenvalue weighted by Crippen LogP contribution is -2.48. The first-order valence-electron chi connectivity index (χ1n) is 6.61. The molecule has 0 saturated carbocycles. The molecule has 116 valence electrons. The molecule has 0 bridgehead atoms. The average Bonchev–Trinajstić information content (AvgIpc) is 2.45. The van der Waals surface area contributed by atoms with Crippen LogP contribution in [0.1, 0.15) is 11.1 Å². The van der Waals surface area contributed by atoms with E-state index in [0.717, 1.165) is 11.3 Å². The summed E-state index contributed by atoms with van der Waals surface area (Å²) in [5.41, 5.74) is 8.25. The smallest absolute Gasteiger partial charge is 0.211 e. The van der Waals surface area contributed by atoms with Crippen LogP contribution in [-0.4, -0.2) is 56.2 Å². The summed E-state index contributed by atoms with van der Waals surface area (Å²) >= 11 is 0. The molecule has 0 amide bonds. The number of hydrogen-bond acceptors (Lipinski definition) is 5. The van der Waals surface area contributed by atoms with Crippen molar-refractivity contribution in [3.8, 4) is 0 Å². The van der Waals surface area contributed by atoms with Crippen molar-refractivity contribution in [1.29, 1.82) is 0 Å². The van der Waals surface area contributed by atoms with Crippen LogP contribution in [0.2, 0.25) is 0 Å². The Morgan fingerprint density at radius 1 is 1.29 bits per heavy atom. The molecule has 1 saturated heterocycles. The second kappa shape index (κ2) is 5.90. The zero-order chi connectivity index (χ0) is 15.6. The number of aryl methyl sites for hydroxylation is 1. The third-order valence-electron chi connectivity index (χ3n) is 3.58. The zero-order valence-corrected chi connectivity index (χ0v) is 13.0. The molecule has 0 unspecified atom stereocenters. The summed E-state index contributed by atoms with van der Waals surface area (Å²) in [5.74, 6) is 0.0549. The molecule has 0 spiro atoms. The molecule has 0 aromatic heterocycles. The van der Waals surface area contributed by atoms with E-state index in [0.29, 0.717) is 31.7 Å². The molecule has 0 atom stereocenters. The summed E-state index contributed by atoms with van der Waals surface area (Å²) < 4.78 is 24.5. The maximum absolute atomic E-state index is 11.5. The fourth-order valence-corrected chi connectivity index (χ4v) is 3.27. The number of amidine groups is 1. The topological polar surface area (TPSA) is 99.2 Å². The molecule has 0 radical (unpaired) electrons. The summed E-state index contributed by atoms with van der Waals surface area (Å²) in [4.78, 5) is 2.05. The van der Waals surface area contributed by atoms with Gasteiger partial charge >= 0.3 is 0 Å². The fourth-order valence-electron chi connectivity index (χ4n) is 2.45. The van der Waals surface area contributed by atoms with Gasteiger partial charge in [0.05, 0.1) is 6.26 Å². The number of rotatable bonds is 3. The van der Waals surface area contributed by atoms with Gasteiger partial charge in [-0.05, 0) is 19.1 Å². The predicted octanol–water partition coefficient (Wildman–Crippen LogP) is 0.171. The molecule has 1 aliphatic rings. The molecule has 1 aromatic carbocycles.